The van der Waals surface area contributed by atoms with E-state index in [2.05, 4.69) is 84.7 Å². The molecule has 0 N–H and O–H groups in total. The Labute approximate surface area is 213 Å². The summed E-state index contributed by atoms with van der Waals surface area (Å²) in [7, 11) is 5.67. The van der Waals surface area contributed by atoms with Crippen LogP contribution in [0.4, 0.5) is 0 Å². The van der Waals surface area contributed by atoms with Gasteiger partial charge in [-0.25, -0.2) is 0 Å². The third-order valence-electron chi connectivity index (χ3n) is 8.02. The van der Waals surface area contributed by atoms with E-state index in [9.17, 15) is 0 Å². The smallest absolute Gasteiger partial charge is 0.119 e. The Morgan fingerprint density at radius 2 is 1.56 bits per heavy atom. The van der Waals surface area contributed by atoms with E-state index in [1.54, 1.807) is 14.2 Å². The van der Waals surface area contributed by atoms with Gasteiger partial charge in [0.05, 0.1) is 20.8 Å². The van der Waals surface area contributed by atoms with Crippen molar-refractivity contribution in [2.45, 2.75) is 31.2 Å². The zero-order valence-corrected chi connectivity index (χ0v) is 21.3. The summed E-state index contributed by atoms with van der Waals surface area (Å²) in [4.78, 5) is 2.45. The van der Waals surface area contributed by atoms with E-state index in [4.69, 9.17) is 14.2 Å². The second kappa shape index (κ2) is 9.51. The molecular formula is C32H33NO3. The Balaban J connectivity index is 1.34. The molecule has 1 fully saturated rings. The molecule has 2 unspecified atom stereocenters. The molecule has 0 bridgehead atoms. The Morgan fingerprint density at radius 1 is 0.806 bits per heavy atom. The van der Waals surface area contributed by atoms with Crippen LogP contribution in [0.2, 0.25) is 0 Å². The van der Waals surface area contributed by atoms with E-state index >= 15 is 0 Å². The van der Waals surface area contributed by atoms with Crippen LogP contribution < -0.4 is 14.2 Å². The van der Waals surface area contributed by atoms with Gasteiger partial charge < -0.3 is 19.1 Å². The molecule has 1 aliphatic carbocycles. The van der Waals surface area contributed by atoms with Gasteiger partial charge in [0.15, 0.2) is 0 Å². The van der Waals surface area contributed by atoms with Gasteiger partial charge in [0.2, 0.25) is 0 Å². The lowest BCUT2D eigenvalue weighted by atomic mass is 9.86. The fraction of sp³-hybridized carbons (Fsp3) is 0.312. The maximum Gasteiger partial charge on any atom is 0.119 e. The minimum atomic E-state index is 0.152. The van der Waals surface area contributed by atoms with E-state index in [1.807, 2.05) is 0 Å². The van der Waals surface area contributed by atoms with Gasteiger partial charge in [0.1, 0.15) is 17.2 Å². The van der Waals surface area contributed by atoms with Crippen LogP contribution in [0.5, 0.6) is 17.2 Å². The largest absolute Gasteiger partial charge is 0.497 e. The van der Waals surface area contributed by atoms with Crippen LogP contribution in [-0.2, 0) is 0 Å². The third kappa shape index (κ3) is 4.00. The second-order valence-corrected chi connectivity index (χ2v) is 9.98. The minimum Gasteiger partial charge on any atom is -0.497 e. The molecule has 0 amide bonds. The first-order valence-corrected chi connectivity index (χ1v) is 12.9. The number of hydrogen-bond acceptors (Lipinski definition) is 4. The maximum absolute atomic E-state index is 6.14. The van der Waals surface area contributed by atoms with Crippen LogP contribution in [-0.4, -0.2) is 45.4 Å². The van der Waals surface area contributed by atoms with Gasteiger partial charge in [-0.15, -0.1) is 0 Å². The fourth-order valence-corrected chi connectivity index (χ4v) is 6.07. The summed E-state index contributed by atoms with van der Waals surface area (Å²) >= 11 is 0. The fourth-order valence-electron chi connectivity index (χ4n) is 6.07. The standard InChI is InChI=1S/C32H33NO3/c1-33-17-4-5-23(33)16-18-36-24-9-6-21(7-10-24)31-28-15-12-26(35-3)20-30(28)29-13-8-22-19-25(34-2)11-14-27(22)32(29)31/h6-15,19-20,23,31H,4-5,16-18H2,1-3H3. The Hall–Kier alpha value is -3.50. The lowest BCUT2D eigenvalue weighted by Crippen LogP contribution is -2.26. The molecule has 0 aromatic heterocycles. The van der Waals surface area contributed by atoms with Crippen LogP contribution in [0.15, 0.2) is 72.8 Å². The Kier molecular flexibility index (Phi) is 6.06. The van der Waals surface area contributed by atoms with E-state index in [-0.39, 0.29) is 5.92 Å². The van der Waals surface area contributed by atoms with E-state index < -0.39 is 0 Å². The number of fused-ring (bicyclic) bond motifs is 5. The van der Waals surface area contributed by atoms with Gasteiger partial charge in [0.25, 0.3) is 0 Å². The molecule has 6 rings (SSSR count). The number of rotatable bonds is 7. The van der Waals surface area contributed by atoms with Gasteiger partial charge in [-0.05, 0) is 108 Å². The molecule has 184 valence electrons. The van der Waals surface area contributed by atoms with E-state index in [0.29, 0.717) is 6.04 Å². The zero-order chi connectivity index (χ0) is 24.6. The van der Waals surface area contributed by atoms with E-state index in [1.165, 1.54) is 58.0 Å². The highest BCUT2D eigenvalue weighted by Crippen LogP contribution is 2.52. The van der Waals surface area contributed by atoms with Crippen molar-refractivity contribution in [3.63, 3.8) is 0 Å². The summed E-state index contributed by atoms with van der Waals surface area (Å²) in [6.07, 6.45) is 3.66. The van der Waals surface area contributed by atoms with Gasteiger partial charge in [-0.3, -0.25) is 0 Å². The monoisotopic (exact) mass is 479 g/mol. The van der Waals surface area contributed by atoms with Crippen molar-refractivity contribution in [3.05, 3.63) is 89.5 Å². The van der Waals surface area contributed by atoms with Gasteiger partial charge in [-0.1, -0.05) is 36.4 Å². The van der Waals surface area contributed by atoms with Crippen molar-refractivity contribution in [2.75, 3.05) is 34.4 Å². The molecule has 4 aromatic rings. The molecule has 1 heterocycles. The molecule has 4 heteroatoms. The molecule has 36 heavy (non-hydrogen) atoms. The summed E-state index contributed by atoms with van der Waals surface area (Å²) in [5.74, 6) is 2.85. The average Bonchev–Trinajstić information content (AvgIpc) is 3.48. The zero-order valence-electron chi connectivity index (χ0n) is 21.3. The molecule has 4 aromatic carbocycles. The number of likely N-dealkylation sites (tertiary alicyclic amines) is 1. The minimum absolute atomic E-state index is 0.152. The highest BCUT2D eigenvalue weighted by atomic mass is 16.5. The van der Waals surface area contributed by atoms with Crippen LogP contribution in [0.25, 0.3) is 21.9 Å². The quantitative estimate of drug-likeness (QED) is 0.255. The summed E-state index contributed by atoms with van der Waals surface area (Å²) in [6, 6.07) is 26.6. The number of nitrogens with zero attached hydrogens (tertiary/aromatic N) is 1. The molecule has 0 saturated carbocycles. The lowest BCUT2D eigenvalue weighted by molar-refractivity contribution is 0.233. The highest BCUT2D eigenvalue weighted by Gasteiger charge is 2.32. The molecule has 1 saturated heterocycles. The van der Waals surface area contributed by atoms with Crippen molar-refractivity contribution in [1.82, 2.24) is 4.90 Å². The Morgan fingerprint density at radius 3 is 2.31 bits per heavy atom. The predicted octanol–water partition coefficient (Wildman–Crippen LogP) is 6.88. The summed E-state index contributed by atoms with van der Waals surface area (Å²) < 4.78 is 17.2. The molecular weight excluding hydrogens is 446 g/mol. The molecule has 2 atom stereocenters. The van der Waals surface area contributed by atoms with Crippen molar-refractivity contribution < 1.29 is 14.2 Å². The first-order valence-electron chi connectivity index (χ1n) is 12.9. The highest BCUT2D eigenvalue weighted by molar-refractivity contribution is 5.98. The van der Waals surface area contributed by atoms with Gasteiger partial charge in [0, 0.05) is 12.0 Å². The van der Waals surface area contributed by atoms with E-state index in [0.717, 1.165) is 30.3 Å². The van der Waals surface area contributed by atoms with Crippen LogP contribution in [0.3, 0.4) is 0 Å². The van der Waals surface area contributed by atoms with Gasteiger partial charge >= 0.3 is 0 Å². The third-order valence-corrected chi connectivity index (χ3v) is 8.02. The van der Waals surface area contributed by atoms with Crippen LogP contribution in [0.1, 0.15) is 41.9 Å². The molecule has 2 aliphatic rings. The topological polar surface area (TPSA) is 30.9 Å². The number of benzene rings is 4. The van der Waals surface area contributed by atoms with Gasteiger partial charge in [-0.2, -0.15) is 0 Å². The number of ether oxygens (including phenoxy) is 3. The maximum atomic E-state index is 6.14. The van der Waals surface area contributed by atoms with Crippen molar-refractivity contribution in [3.8, 4) is 28.4 Å². The second-order valence-electron chi connectivity index (χ2n) is 9.98. The first-order chi connectivity index (χ1) is 17.7. The summed E-state index contributed by atoms with van der Waals surface area (Å²) in [6.45, 7) is 1.97. The Bertz CT molecular complexity index is 1390. The van der Waals surface area contributed by atoms with Crippen molar-refractivity contribution in [1.29, 1.82) is 0 Å². The SMILES string of the molecule is COc1ccc2c(c1)-c1ccc3cc(OC)ccc3c1C2c1ccc(OCCC2CCCN2C)cc1. The van der Waals surface area contributed by atoms with Crippen molar-refractivity contribution >= 4 is 10.8 Å². The molecule has 4 nitrogen and oxygen atoms in total. The summed E-state index contributed by atoms with van der Waals surface area (Å²) in [5, 5.41) is 2.45. The number of methoxy groups -OCH3 is 2. The summed E-state index contributed by atoms with van der Waals surface area (Å²) in [5.41, 5.74) is 6.44. The first kappa shape index (κ1) is 22.9. The lowest BCUT2D eigenvalue weighted by Gasteiger charge is -2.20. The van der Waals surface area contributed by atoms with Crippen LogP contribution >= 0.6 is 0 Å². The normalized spacial score (nSPS) is 18.8. The molecule has 0 radical (unpaired) electrons. The molecule has 0 spiro atoms. The van der Waals surface area contributed by atoms with Crippen molar-refractivity contribution in [2.24, 2.45) is 0 Å². The predicted molar refractivity (Wildman–Crippen MR) is 146 cm³/mol. The number of hydrogen-bond donors (Lipinski definition) is 0. The van der Waals surface area contributed by atoms with Crippen LogP contribution in [0, 0.1) is 0 Å². The average molecular weight is 480 g/mol. The molecule has 1 aliphatic heterocycles.